The van der Waals surface area contributed by atoms with Crippen LogP contribution in [0, 0.1) is 17.2 Å². The highest BCUT2D eigenvalue weighted by Gasteiger charge is 2.00. The van der Waals surface area contributed by atoms with Gasteiger partial charge in [0.15, 0.2) is 5.13 Å². The molecule has 2 rings (SSSR count). The Morgan fingerprint density at radius 1 is 1.22 bits per heavy atom. The fourth-order valence-electron chi connectivity index (χ4n) is 1.14. The quantitative estimate of drug-likeness (QED) is 0.663. The van der Waals surface area contributed by atoms with Crippen LogP contribution in [0.5, 0.6) is 0 Å². The van der Waals surface area contributed by atoms with Crippen molar-refractivity contribution in [3.05, 3.63) is 35.2 Å². The van der Waals surface area contributed by atoms with Crippen LogP contribution in [0.25, 0.3) is 11.3 Å². The van der Waals surface area contributed by atoms with Crippen LogP contribution in [-0.4, -0.2) is 9.64 Å². The van der Waals surface area contributed by atoms with Gasteiger partial charge in [-0.2, -0.15) is 14.0 Å². The summed E-state index contributed by atoms with van der Waals surface area (Å²) in [6.45, 7) is 2.07. The third-order valence-corrected chi connectivity index (χ3v) is 2.54. The number of nitrogens with two attached hydrogens (primary N) is 1. The summed E-state index contributed by atoms with van der Waals surface area (Å²) in [7, 11) is -4.69. The second-order valence-corrected chi connectivity index (χ2v) is 5.01. The van der Waals surface area contributed by atoms with Crippen LogP contribution >= 0.6 is 11.3 Å². The molecule has 0 aliphatic carbocycles. The van der Waals surface area contributed by atoms with Crippen molar-refractivity contribution >= 4 is 16.5 Å². The third kappa shape index (κ3) is 5.92. The summed E-state index contributed by atoms with van der Waals surface area (Å²) in [5.74, 6) is 0. The van der Waals surface area contributed by atoms with Gasteiger partial charge in [-0.3, -0.25) is 0 Å². The zero-order valence-corrected chi connectivity index (χ0v) is 10.9. The summed E-state index contributed by atoms with van der Waals surface area (Å²) < 4.78 is 32.7. The van der Waals surface area contributed by atoms with Crippen molar-refractivity contribution in [3.63, 3.8) is 0 Å². The summed E-state index contributed by atoms with van der Waals surface area (Å²) >= 11 is 1.47. The molecule has 0 spiro atoms. The van der Waals surface area contributed by atoms with Gasteiger partial charge in [0.1, 0.15) is 0 Å². The van der Waals surface area contributed by atoms with Crippen molar-refractivity contribution < 1.29 is 28.9 Å². The number of anilines is 1. The predicted octanol–water partition coefficient (Wildman–Crippen LogP) is -1.42. The average Bonchev–Trinajstić information content (AvgIpc) is 2.63. The van der Waals surface area contributed by atoms with Gasteiger partial charge in [-0.1, -0.05) is 29.8 Å². The first-order chi connectivity index (χ1) is 8.25. The van der Waals surface area contributed by atoms with E-state index in [2.05, 4.69) is 36.2 Å². The Morgan fingerprint density at radius 2 is 1.72 bits per heavy atom. The minimum Gasteiger partial charge on any atom is -0.375 e. The highest BCUT2D eigenvalue weighted by molar-refractivity contribution is 7.13. The van der Waals surface area contributed by atoms with Crippen molar-refractivity contribution in [2.45, 2.75) is 6.92 Å². The number of nitrogens with zero attached hydrogens (tertiary/aromatic N) is 1. The van der Waals surface area contributed by atoms with Gasteiger partial charge >= 0.3 is 0 Å². The first kappa shape index (κ1) is 14.8. The van der Waals surface area contributed by atoms with Gasteiger partial charge in [0, 0.05) is 10.9 Å². The zero-order chi connectivity index (χ0) is 13.8. The Balaban J connectivity index is 0.000000280. The average molecular weight is 291 g/mol. The minimum absolute atomic E-state index is 0.621. The molecular weight excluding hydrogens is 280 g/mol. The van der Waals surface area contributed by atoms with Crippen LogP contribution in [0.15, 0.2) is 29.6 Å². The number of benzene rings is 1. The maximum absolute atomic E-state index is 8.60. The van der Waals surface area contributed by atoms with Gasteiger partial charge in [-0.25, -0.2) is 4.98 Å². The number of rotatable bonds is 1. The molecule has 0 atom stereocenters. The Kier molecular flexibility index (Phi) is 5.03. The Hall–Kier alpha value is -1.22. The third-order valence-electron chi connectivity index (χ3n) is 1.87. The summed E-state index contributed by atoms with van der Waals surface area (Å²) in [6.07, 6.45) is 0. The van der Waals surface area contributed by atoms with E-state index in [0.717, 1.165) is 11.3 Å². The van der Waals surface area contributed by atoms with Crippen molar-refractivity contribution in [1.29, 1.82) is 0 Å². The van der Waals surface area contributed by atoms with E-state index in [0.29, 0.717) is 5.13 Å². The predicted molar refractivity (Wildman–Crippen MR) is 58.9 cm³/mol. The Labute approximate surface area is 110 Å². The van der Waals surface area contributed by atoms with E-state index in [-0.39, 0.29) is 0 Å². The maximum Gasteiger partial charge on any atom is 0.180 e. The molecule has 0 bridgehead atoms. The lowest BCUT2D eigenvalue weighted by molar-refractivity contribution is -1.92. The van der Waals surface area contributed by atoms with Crippen LogP contribution < -0.4 is 19.7 Å². The number of thiazole rings is 1. The zero-order valence-electron chi connectivity index (χ0n) is 9.37. The highest BCUT2D eigenvalue weighted by atomic mass is 35.7. The van der Waals surface area contributed by atoms with Gasteiger partial charge < -0.3 is 5.73 Å². The molecular formula is C10H11ClN2O4S. The summed E-state index contributed by atoms with van der Waals surface area (Å²) in [5.41, 5.74) is 8.89. The number of aromatic nitrogens is 1. The fraction of sp³-hybridized carbons (Fsp3) is 0.100. The Morgan fingerprint density at radius 3 is 2.11 bits per heavy atom. The molecule has 0 aliphatic heterocycles. The summed E-state index contributed by atoms with van der Waals surface area (Å²) in [5, 5.41) is 2.59. The van der Waals surface area contributed by atoms with Crippen LogP contribution in [0.1, 0.15) is 5.56 Å². The van der Waals surface area contributed by atoms with Crippen molar-refractivity contribution in [2.24, 2.45) is 0 Å². The van der Waals surface area contributed by atoms with Crippen LogP contribution in [0.2, 0.25) is 0 Å². The number of hydrogen-bond donors (Lipinski definition) is 2. The van der Waals surface area contributed by atoms with Gasteiger partial charge in [0.2, 0.25) is 0 Å². The molecule has 0 radical (unpaired) electrons. The molecule has 1 heterocycles. The van der Waals surface area contributed by atoms with Crippen molar-refractivity contribution in [2.75, 3.05) is 5.73 Å². The molecule has 1 aromatic carbocycles. The smallest absolute Gasteiger partial charge is 0.180 e. The minimum atomic E-state index is -4.69. The fourth-order valence-corrected chi connectivity index (χ4v) is 1.72. The molecule has 0 saturated carbocycles. The standard InChI is InChI=1S/C10H10N2S.ClHO4/c1-7-2-4-8(5-3-7)9-6-13-10(11)12-9;2-1(3,4)5/h2-6H,1H3,(H2,11,12);(H,2,3,4,5). The SMILES string of the molecule is Cc1ccc(-c2csc(N)n2)cc1.[O-][Cl+3]([O-])([O-])O. The molecule has 98 valence electrons. The molecule has 0 amide bonds. The van der Waals surface area contributed by atoms with Crippen LogP contribution in [-0.2, 0) is 0 Å². The molecule has 0 aliphatic rings. The molecule has 1 aromatic heterocycles. The van der Waals surface area contributed by atoms with E-state index >= 15 is 0 Å². The molecule has 0 fully saturated rings. The van der Waals surface area contributed by atoms with Gasteiger partial charge in [-0.15, -0.1) is 11.3 Å². The maximum atomic E-state index is 8.60. The number of nitrogen functional groups attached to an aromatic ring is 1. The van der Waals surface area contributed by atoms with E-state index in [1.807, 2.05) is 5.38 Å². The molecule has 0 saturated heterocycles. The van der Waals surface area contributed by atoms with Crippen LogP contribution in [0.3, 0.4) is 0 Å². The van der Waals surface area contributed by atoms with Crippen molar-refractivity contribution in [3.8, 4) is 11.3 Å². The first-order valence-corrected chi connectivity index (χ1v) is 6.81. The van der Waals surface area contributed by atoms with Crippen molar-refractivity contribution in [1.82, 2.24) is 4.98 Å². The first-order valence-electron chi connectivity index (χ1n) is 4.67. The molecule has 8 heteroatoms. The monoisotopic (exact) mass is 290 g/mol. The topological polar surface area (TPSA) is 128 Å². The molecule has 6 nitrogen and oxygen atoms in total. The van der Waals surface area contributed by atoms with Crippen LogP contribution in [0.4, 0.5) is 5.13 Å². The van der Waals surface area contributed by atoms with E-state index in [4.69, 9.17) is 24.4 Å². The second-order valence-electron chi connectivity index (χ2n) is 3.33. The number of aryl methyl sites for hydroxylation is 1. The lowest BCUT2D eigenvalue weighted by atomic mass is 10.1. The molecule has 3 N–H and O–H groups in total. The lowest BCUT2D eigenvalue weighted by Gasteiger charge is -2.03. The van der Waals surface area contributed by atoms with E-state index in [1.165, 1.54) is 16.9 Å². The molecule has 2 aromatic rings. The number of halogens is 1. The largest absolute Gasteiger partial charge is 0.375 e. The Bertz CT molecular complexity index is 489. The molecule has 18 heavy (non-hydrogen) atoms. The molecule has 0 unspecified atom stereocenters. The highest BCUT2D eigenvalue weighted by Crippen LogP contribution is 2.22. The van der Waals surface area contributed by atoms with E-state index in [9.17, 15) is 0 Å². The van der Waals surface area contributed by atoms with E-state index < -0.39 is 10.2 Å². The van der Waals surface area contributed by atoms with Gasteiger partial charge in [0.25, 0.3) is 0 Å². The second kappa shape index (κ2) is 6.10. The lowest BCUT2D eigenvalue weighted by Crippen LogP contribution is -2.58. The number of hydrogen-bond acceptors (Lipinski definition) is 7. The summed E-state index contributed by atoms with van der Waals surface area (Å²) in [4.78, 5) is 4.21. The normalized spacial score (nSPS) is 10.7. The van der Waals surface area contributed by atoms with Gasteiger partial charge in [0.05, 0.1) is 20.6 Å². The van der Waals surface area contributed by atoms with Gasteiger partial charge in [-0.05, 0) is 6.92 Å². The summed E-state index contributed by atoms with van der Waals surface area (Å²) in [6, 6.07) is 8.27. The van der Waals surface area contributed by atoms with E-state index in [1.54, 1.807) is 0 Å².